The number of hydrogen-bond donors (Lipinski definition) is 2. The van der Waals surface area contributed by atoms with Crippen LogP contribution in [0, 0.1) is 61.3 Å². The fourth-order valence-electron chi connectivity index (χ4n) is 0. The monoisotopic (exact) mass is 503 g/mol. The van der Waals surface area contributed by atoms with Crippen molar-refractivity contribution in [1.82, 2.24) is 0 Å². The van der Waals surface area contributed by atoms with E-state index in [1.807, 2.05) is 0 Å². The second kappa shape index (κ2) is 36.0. The minimum Gasteiger partial charge on any atom is -0.356 e. The van der Waals surface area contributed by atoms with Crippen LogP contribution >= 0.6 is 0 Å². The zero-order valence-corrected chi connectivity index (χ0v) is 11.8. The molecule has 0 aliphatic heterocycles. The molecule has 0 aromatic rings. The Morgan fingerprint density at radius 3 is 0.571 bits per heavy atom. The fourth-order valence-corrected chi connectivity index (χ4v) is 0. The molecule has 21 heavy (non-hydrogen) atoms. The van der Waals surface area contributed by atoms with Crippen LogP contribution in [0.15, 0.2) is 0 Å². The minimum atomic E-state index is -1.75. The van der Waals surface area contributed by atoms with Crippen LogP contribution in [0.3, 0.4) is 0 Å². The van der Waals surface area contributed by atoms with E-state index in [2.05, 4.69) is 0 Å². The summed E-state index contributed by atoms with van der Waals surface area (Å²) in [5.74, 6) is 0. The minimum absolute atomic E-state index is 0. The van der Waals surface area contributed by atoms with Crippen molar-refractivity contribution in [1.29, 1.82) is 0 Å². The maximum Gasteiger partial charge on any atom is 4.00 e. The summed E-state index contributed by atoms with van der Waals surface area (Å²) >= 11 is 0. The van der Waals surface area contributed by atoms with Gasteiger partial charge in [0.2, 0.25) is 0 Å². The van der Waals surface area contributed by atoms with Crippen LogP contribution in [0.4, 0.5) is 0 Å². The van der Waals surface area contributed by atoms with E-state index in [4.69, 9.17) is 72.8 Å². The van der Waals surface area contributed by atoms with Crippen molar-refractivity contribution in [2.75, 3.05) is 13.1 Å². The number of nitrogens with zero attached hydrogens (tertiary/aromatic N) is 4. The van der Waals surface area contributed by atoms with Gasteiger partial charge in [-0.3, -0.25) is 0 Å². The summed E-state index contributed by atoms with van der Waals surface area (Å²) in [5, 5.41) is 59.0. The molecule has 0 rings (SSSR count). The second-order valence-electron chi connectivity index (χ2n) is 1.47. The molecule has 4 N–H and O–H groups in total. The zero-order valence-electron chi connectivity index (χ0n) is 9.57. The van der Waals surface area contributed by atoms with Crippen LogP contribution < -0.4 is 11.5 Å². The summed E-state index contributed by atoms with van der Waals surface area (Å²) in [5.41, 5.74) is 9.81. The summed E-state index contributed by atoms with van der Waals surface area (Å²) < 4.78 is 0. The first kappa shape index (κ1) is 36.2. The van der Waals surface area contributed by atoms with E-state index in [0.717, 1.165) is 0 Å². The van der Waals surface area contributed by atoms with Gasteiger partial charge in [0, 0.05) is 13.1 Å². The molecular weight excluding hydrogens is 495 g/mol. The third kappa shape index (κ3) is 1630. The average molecular weight is 503 g/mol. The van der Waals surface area contributed by atoms with Gasteiger partial charge in [-0.25, -0.2) is 0 Å². The van der Waals surface area contributed by atoms with Gasteiger partial charge < -0.3 is 72.8 Å². The maximum absolute atomic E-state index is 8.25. The van der Waals surface area contributed by atoms with E-state index in [1.165, 1.54) is 0 Å². The molecule has 19 heteroatoms. The summed E-state index contributed by atoms with van der Waals surface area (Å²) in [6.07, 6.45) is 0. The predicted octanol–water partition coefficient (Wildman–Crippen LogP) is -2.06. The van der Waals surface area contributed by atoms with Gasteiger partial charge in [-0.1, -0.05) is 0 Å². The molecule has 0 radical (unpaired) electrons. The Kier molecular flexibility index (Phi) is 62.1. The molecule has 0 spiro atoms. The molecule has 0 unspecified atom stereocenters. The van der Waals surface area contributed by atoms with Crippen LogP contribution in [0.25, 0.3) is 0 Å². The summed E-state index contributed by atoms with van der Waals surface area (Å²) in [4.78, 5) is 33.0. The van der Waals surface area contributed by atoms with Crippen LogP contribution in [0.2, 0.25) is 0 Å². The van der Waals surface area contributed by atoms with Gasteiger partial charge in [-0.2, -0.15) is 0 Å². The third-order valence-corrected chi connectivity index (χ3v) is 0.167. The molecule has 0 aliphatic rings. The fraction of sp³-hybridized carbons (Fsp3) is 1.00. The Morgan fingerprint density at radius 2 is 0.571 bits per heavy atom. The molecule has 128 valence electrons. The van der Waals surface area contributed by atoms with E-state index in [0.29, 0.717) is 13.1 Å². The zero-order chi connectivity index (χ0) is 17.7. The van der Waals surface area contributed by atoms with Crippen molar-refractivity contribution < 1.29 is 41.4 Å². The van der Waals surface area contributed by atoms with Crippen molar-refractivity contribution in [2.45, 2.75) is 0 Å². The van der Waals surface area contributed by atoms with Crippen LogP contribution in [0.1, 0.15) is 0 Å². The predicted molar refractivity (Wildman–Crippen MR) is 59.6 cm³/mol. The molecule has 0 aromatic carbocycles. The Labute approximate surface area is 128 Å². The standard InChI is InChI=1S/C2H8N2.4NO3.Pt/c3-1-2-4;4*2-1(3)4;/h1-4H2;;;;;/q;4*-1;+4. The van der Waals surface area contributed by atoms with E-state index < -0.39 is 20.3 Å². The largest absolute Gasteiger partial charge is 4.00 e. The Hall–Kier alpha value is -2.59. The van der Waals surface area contributed by atoms with Crippen LogP contribution in [-0.4, -0.2) is 33.4 Å². The number of hydrogen-bond acceptors (Lipinski definition) is 14. The third-order valence-electron chi connectivity index (χ3n) is 0.167. The van der Waals surface area contributed by atoms with Crippen LogP contribution in [0.5, 0.6) is 0 Å². The van der Waals surface area contributed by atoms with E-state index in [9.17, 15) is 0 Å². The van der Waals surface area contributed by atoms with E-state index >= 15 is 0 Å². The van der Waals surface area contributed by atoms with E-state index in [-0.39, 0.29) is 21.1 Å². The molecular formula is C2H8N6O12Pt. The smallest absolute Gasteiger partial charge is 0.356 e. The molecule has 0 aromatic heterocycles. The van der Waals surface area contributed by atoms with Crippen molar-refractivity contribution in [3.63, 3.8) is 0 Å². The summed E-state index contributed by atoms with van der Waals surface area (Å²) in [7, 11) is 0. The van der Waals surface area contributed by atoms with Gasteiger partial charge in [0.05, 0.1) is 20.3 Å². The Morgan fingerprint density at radius 1 is 0.524 bits per heavy atom. The normalized spacial score (nSPS) is 6.00. The molecule has 18 nitrogen and oxygen atoms in total. The first-order chi connectivity index (χ1) is 8.84. The summed E-state index contributed by atoms with van der Waals surface area (Å²) in [6, 6.07) is 0. The molecule has 0 heterocycles. The van der Waals surface area contributed by atoms with Crippen molar-refractivity contribution in [3.8, 4) is 0 Å². The van der Waals surface area contributed by atoms with Gasteiger partial charge in [0.25, 0.3) is 0 Å². The molecule has 0 atom stereocenters. The first-order valence-electron chi connectivity index (χ1n) is 3.51. The Balaban J connectivity index is -0.0000000331. The molecule has 0 saturated heterocycles. The van der Waals surface area contributed by atoms with Gasteiger partial charge in [-0.05, 0) is 0 Å². The number of nitrogens with two attached hydrogens (primary N) is 2. The number of rotatable bonds is 1. The van der Waals surface area contributed by atoms with E-state index in [1.54, 1.807) is 0 Å². The van der Waals surface area contributed by atoms with Gasteiger partial charge >= 0.3 is 21.1 Å². The van der Waals surface area contributed by atoms with Gasteiger partial charge in [-0.15, -0.1) is 0 Å². The Bertz CT molecular complexity index is 194. The quantitative estimate of drug-likeness (QED) is 0.287. The van der Waals surface area contributed by atoms with Crippen molar-refractivity contribution in [2.24, 2.45) is 11.5 Å². The van der Waals surface area contributed by atoms with Gasteiger partial charge in [0.15, 0.2) is 0 Å². The molecule has 0 aliphatic carbocycles. The molecule has 0 saturated carbocycles. The molecule has 0 fully saturated rings. The summed E-state index contributed by atoms with van der Waals surface area (Å²) in [6.45, 7) is 1.19. The maximum atomic E-state index is 8.25. The molecule has 0 amide bonds. The SMILES string of the molecule is NCCN.O=[N+]([O-])[O-].O=[N+]([O-])[O-].O=[N+]([O-])[O-].O=[N+]([O-])[O-].[Pt+4]. The molecule has 0 bridgehead atoms. The van der Waals surface area contributed by atoms with Crippen molar-refractivity contribution in [3.05, 3.63) is 61.3 Å². The second-order valence-corrected chi connectivity index (χ2v) is 1.47. The van der Waals surface area contributed by atoms with Crippen molar-refractivity contribution >= 4 is 0 Å². The topological polar surface area (TPSA) is 317 Å². The van der Waals surface area contributed by atoms with Gasteiger partial charge in [0.1, 0.15) is 0 Å². The average Bonchev–Trinajstić information content (AvgIpc) is 2.13. The van der Waals surface area contributed by atoms with Crippen LogP contribution in [-0.2, 0) is 21.1 Å². The first-order valence-corrected chi connectivity index (χ1v) is 3.51.